The third-order valence-electron chi connectivity index (χ3n) is 3.67. The first-order valence-corrected chi connectivity index (χ1v) is 8.52. The van der Waals surface area contributed by atoms with E-state index in [1.807, 2.05) is 0 Å². The highest BCUT2D eigenvalue weighted by molar-refractivity contribution is 7.89. The molecule has 0 radical (unpaired) electrons. The summed E-state index contributed by atoms with van der Waals surface area (Å²) in [6, 6.07) is 0.671. The largest absolute Gasteiger partial charge is 0.314 e. The fourth-order valence-electron chi connectivity index (χ4n) is 2.39. The highest BCUT2D eigenvalue weighted by atomic mass is 32.2. The van der Waals surface area contributed by atoms with Crippen molar-refractivity contribution in [3.63, 3.8) is 0 Å². The fraction of sp³-hybridized carbons (Fsp3) is 1.00. The molecule has 5 heteroatoms. The second-order valence-electron chi connectivity index (χ2n) is 5.40. The average molecular weight is 260 g/mol. The molecule has 0 amide bonds. The quantitative estimate of drug-likeness (QED) is 0.646. The van der Waals surface area contributed by atoms with Crippen molar-refractivity contribution in [3.8, 4) is 0 Å². The van der Waals surface area contributed by atoms with E-state index in [0.717, 1.165) is 13.0 Å². The molecule has 0 atom stereocenters. The number of sulfonamides is 1. The molecule has 0 heterocycles. The Balaban J connectivity index is 1.56. The summed E-state index contributed by atoms with van der Waals surface area (Å²) in [5, 5.41) is 3.33. The summed E-state index contributed by atoms with van der Waals surface area (Å²) in [6.45, 7) is 1.48. The highest BCUT2D eigenvalue weighted by Gasteiger charge is 2.21. The van der Waals surface area contributed by atoms with Gasteiger partial charge in [-0.15, -0.1) is 0 Å². The Morgan fingerprint density at radius 3 is 2.41 bits per heavy atom. The van der Waals surface area contributed by atoms with Crippen LogP contribution in [0.15, 0.2) is 0 Å². The second-order valence-corrected chi connectivity index (χ2v) is 7.33. The summed E-state index contributed by atoms with van der Waals surface area (Å²) >= 11 is 0. The molecule has 2 saturated carbocycles. The zero-order chi connectivity index (χ0) is 12.1. The fourth-order valence-corrected chi connectivity index (χ4v) is 3.55. The molecule has 0 aromatic rings. The zero-order valence-electron chi connectivity index (χ0n) is 10.5. The number of hydrogen-bond donors (Lipinski definition) is 2. The Kier molecular flexibility index (Phi) is 4.82. The topological polar surface area (TPSA) is 58.2 Å². The molecule has 4 nitrogen and oxygen atoms in total. The lowest BCUT2D eigenvalue weighted by Gasteiger charge is -2.11. The molecule has 0 aliphatic heterocycles. The maximum Gasteiger partial charge on any atom is 0.211 e. The molecule has 0 aromatic heterocycles. The van der Waals surface area contributed by atoms with E-state index in [2.05, 4.69) is 10.0 Å². The van der Waals surface area contributed by atoms with Gasteiger partial charge in [-0.3, -0.25) is 0 Å². The summed E-state index contributed by atoms with van der Waals surface area (Å²) in [4.78, 5) is 0. The van der Waals surface area contributed by atoms with Gasteiger partial charge in [0.1, 0.15) is 0 Å². The molecule has 2 N–H and O–H groups in total. The third kappa shape index (κ3) is 5.36. The smallest absolute Gasteiger partial charge is 0.211 e. The molecular weight excluding hydrogens is 236 g/mol. The van der Waals surface area contributed by atoms with Crippen LogP contribution in [0.3, 0.4) is 0 Å². The van der Waals surface area contributed by atoms with Crippen LogP contribution in [0, 0.1) is 5.92 Å². The van der Waals surface area contributed by atoms with E-state index in [0.29, 0.717) is 18.5 Å². The monoisotopic (exact) mass is 260 g/mol. The molecule has 100 valence electrons. The van der Waals surface area contributed by atoms with Gasteiger partial charge in [0.25, 0.3) is 0 Å². The van der Waals surface area contributed by atoms with Crippen molar-refractivity contribution in [2.24, 2.45) is 5.92 Å². The minimum atomic E-state index is -3.04. The Hall–Kier alpha value is -0.130. The Morgan fingerprint density at radius 2 is 1.76 bits per heavy atom. The van der Waals surface area contributed by atoms with Gasteiger partial charge >= 0.3 is 0 Å². The highest BCUT2D eigenvalue weighted by Crippen LogP contribution is 2.23. The van der Waals surface area contributed by atoms with Crippen molar-refractivity contribution in [1.82, 2.24) is 10.0 Å². The Bertz CT molecular complexity index is 319. The van der Waals surface area contributed by atoms with Crippen LogP contribution < -0.4 is 10.0 Å². The normalized spacial score (nSPS) is 22.1. The van der Waals surface area contributed by atoms with Crippen LogP contribution in [-0.4, -0.2) is 33.3 Å². The summed E-state index contributed by atoms with van der Waals surface area (Å²) in [7, 11) is -3.04. The van der Waals surface area contributed by atoms with E-state index in [-0.39, 0.29) is 5.75 Å². The zero-order valence-corrected chi connectivity index (χ0v) is 11.3. The maximum atomic E-state index is 11.7. The first-order valence-electron chi connectivity index (χ1n) is 6.86. The van der Waals surface area contributed by atoms with E-state index in [1.54, 1.807) is 0 Å². The van der Waals surface area contributed by atoms with Gasteiger partial charge < -0.3 is 5.32 Å². The summed E-state index contributed by atoms with van der Waals surface area (Å²) in [6.07, 6.45) is 8.13. The van der Waals surface area contributed by atoms with Gasteiger partial charge in [0.05, 0.1) is 5.75 Å². The molecule has 2 rings (SSSR count). The van der Waals surface area contributed by atoms with Crippen molar-refractivity contribution in [2.75, 3.05) is 18.8 Å². The van der Waals surface area contributed by atoms with Crippen molar-refractivity contribution in [1.29, 1.82) is 0 Å². The van der Waals surface area contributed by atoms with Crippen LogP contribution in [0.2, 0.25) is 0 Å². The van der Waals surface area contributed by atoms with Crippen LogP contribution in [0.1, 0.15) is 44.9 Å². The minimum Gasteiger partial charge on any atom is -0.314 e. The number of hydrogen-bond acceptors (Lipinski definition) is 3. The van der Waals surface area contributed by atoms with Gasteiger partial charge in [-0.2, -0.15) is 0 Å². The summed E-state index contributed by atoms with van der Waals surface area (Å²) < 4.78 is 26.2. The predicted molar refractivity (Wildman–Crippen MR) is 69.4 cm³/mol. The molecule has 2 fully saturated rings. The average Bonchev–Trinajstić information content (AvgIpc) is 2.96. The molecule has 0 bridgehead atoms. The summed E-state index contributed by atoms with van der Waals surface area (Å²) in [5.41, 5.74) is 0. The Labute approximate surface area is 105 Å². The van der Waals surface area contributed by atoms with Crippen LogP contribution in [0.5, 0.6) is 0 Å². The van der Waals surface area contributed by atoms with Crippen molar-refractivity contribution < 1.29 is 8.42 Å². The van der Waals surface area contributed by atoms with Gasteiger partial charge in [0.15, 0.2) is 0 Å². The van der Waals surface area contributed by atoms with Gasteiger partial charge in [0, 0.05) is 12.6 Å². The van der Waals surface area contributed by atoms with Crippen LogP contribution in [0.25, 0.3) is 0 Å². The van der Waals surface area contributed by atoms with Crippen molar-refractivity contribution in [3.05, 3.63) is 0 Å². The first kappa shape index (κ1) is 13.3. The molecule has 0 spiro atoms. The van der Waals surface area contributed by atoms with Gasteiger partial charge in [-0.05, 0) is 44.6 Å². The van der Waals surface area contributed by atoms with Crippen molar-refractivity contribution in [2.45, 2.75) is 51.0 Å². The Morgan fingerprint density at radius 1 is 1.06 bits per heavy atom. The molecule has 0 saturated heterocycles. The molecule has 17 heavy (non-hydrogen) atoms. The van der Waals surface area contributed by atoms with E-state index < -0.39 is 10.0 Å². The third-order valence-corrected chi connectivity index (χ3v) is 5.10. The van der Waals surface area contributed by atoms with Crippen LogP contribution in [0.4, 0.5) is 0 Å². The van der Waals surface area contributed by atoms with Crippen LogP contribution in [-0.2, 0) is 10.0 Å². The lowest BCUT2D eigenvalue weighted by atomic mass is 10.1. The van der Waals surface area contributed by atoms with Crippen LogP contribution >= 0.6 is 0 Å². The molecule has 0 unspecified atom stereocenters. The molecule has 2 aliphatic rings. The van der Waals surface area contributed by atoms with Gasteiger partial charge in [-0.1, -0.05) is 12.8 Å². The number of rotatable bonds is 8. The van der Waals surface area contributed by atoms with E-state index in [9.17, 15) is 8.42 Å². The minimum absolute atomic E-state index is 0.263. The summed E-state index contributed by atoms with van der Waals surface area (Å²) in [5.74, 6) is 0.841. The SMILES string of the molecule is O=S(=O)(CCCNC1CC1)NCC1CCCC1. The maximum absolute atomic E-state index is 11.7. The van der Waals surface area contributed by atoms with E-state index in [1.165, 1.54) is 38.5 Å². The lowest BCUT2D eigenvalue weighted by Crippen LogP contribution is -2.32. The van der Waals surface area contributed by atoms with Crippen molar-refractivity contribution >= 4 is 10.0 Å². The standard InChI is InChI=1S/C12H24N2O2S/c15-17(16,9-3-8-13-12-6-7-12)14-10-11-4-1-2-5-11/h11-14H,1-10H2. The lowest BCUT2D eigenvalue weighted by molar-refractivity contribution is 0.518. The molecular formula is C12H24N2O2S. The second kappa shape index (κ2) is 6.16. The molecule has 0 aromatic carbocycles. The molecule has 2 aliphatic carbocycles. The first-order chi connectivity index (χ1) is 8.16. The predicted octanol–water partition coefficient (Wildman–Crippen LogP) is 1.24. The van der Waals surface area contributed by atoms with Gasteiger partial charge in [-0.25, -0.2) is 13.1 Å². The van der Waals surface area contributed by atoms with E-state index >= 15 is 0 Å². The van der Waals surface area contributed by atoms with Gasteiger partial charge in [0.2, 0.25) is 10.0 Å². The van der Waals surface area contributed by atoms with E-state index in [4.69, 9.17) is 0 Å². The number of nitrogens with one attached hydrogen (secondary N) is 2.